The van der Waals surface area contributed by atoms with E-state index in [1.165, 1.54) is 0 Å². The molecule has 1 aromatic carbocycles. The standard InChI is InChI=1S/C18H24N2O3/c1-3-20(14-6-4-5-13(2)11-14)18(22)16-12-15(16)17(21)19-7-9-23-10-8-19/h4-6,11,15-16H,3,7-10,12H2,1-2H3. The van der Waals surface area contributed by atoms with Gasteiger partial charge in [0, 0.05) is 25.3 Å². The lowest BCUT2D eigenvalue weighted by atomic mass is 10.2. The van der Waals surface area contributed by atoms with Gasteiger partial charge in [-0.15, -0.1) is 0 Å². The Hall–Kier alpha value is -1.88. The van der Waals surface area contributed by atoms with E-state index in [1.54, 1.807) is 4.90 Å². The molecule has 2 aliphatic rings. The summed E-state index contributed by atoms with van der Waals surface area (Å²) in [4.78, 5) is 28.9. The minimum atomic E-state index is -0.161. The van der Waals surface area contributed by atoms with Crippen molar-refractivity contribution in [2.45, 2.75) is 20.3 Å². The first-order valence-electron chi connectivity index (χ1n) is 8.36. The van der Waals surface area contributed by atoms with Crippen LogP contribution in [0.3, 0.4) is 0 Å². The van der Waals surface area contributed by atoms with E-state index in [4.69, 9.17) is 4.74 Å². The van der Waals surface area contributed by atoms with Crippen molar-refractivity contribution in [3.63, 3.8) is 0 Å². The molecule has 124 valence electrons. The van der Waals surface area contributed by atoms with Crippen molar-refractivity contribution in [3.8, 4) is 0 Å². The Bertz CT molecular complexity index is 596. The van der Waals surface area contributed by atoms with Gasteiger partial charge in [-0.25, -0.2) is 0 Å². The molecular formula is C18H24N2O3. The van der Waals surface area contributed by atoms with E-state index < -0.39 is 0 Å². The molecule has 1 heterocycles. The molecule has 1 aromatic rings. The number of ether oxygens (including phenoxy) is 1. The topological polar surface area (TPSA) is 49.9 Å². The molecule has 5 nitrogen and oxygen atoms in total. The number of benzene rings is 1. The first kappa shape index (κ1) is 16.0. The molecule has 5 heteroatoms. The quantitative estimate of drug-likeness (QED) is 0.852. The predicted molar refractivity (Wildman–Crippen MR) is 88.2 cm³/mol. The zero-order valence-electron chi connectivity index (χ0n) is 13.8. The second kappa shape index (κ2) is 6.71. The number of aryl methyl sites for hydroxylation is 1. The lowest BCUT2D eigenvalue weighted by Crippen LogP contribution is -2.42. The highest BCUT2D eigenvalue weighted by atomic mass is 16.5. The molecule has 2 atom stereocenters. The highest BCUT2D eigenvalue weighted by Gasteiger charge is 2.51. The van der Waals surface area contributed by atoms with Gasteiger partial charge in [0.15, 0.2) is 0 Å². The van der Waals surface area contributed by atoms with Gasteiger partial charge in [-0.1, -0.05) is 12.1 Å². The number of rotatable bonds is 4. The second-order valence-corrected chi connectivity index (χ2v) is 6.31. The molecule has 0 N–H and O–H groups in total. The Morgan fingerprint density at radius 3 is 2.65 bits per heavy atom. The van der Waals surface area contributed by atoms with E-state index in [0.717, 1.165) is 11.3 Å². The van der Waals surface area contributed by atoms with Crippen molar-refractivity contribution in [1.29, 1.82) is 0 Å². The molecule has 1 aliphatic carbocycles. The predicted octanol–water partition coefficient (Wildman–Crippen LogP) is 1.84. The van der Waals surface area contributed by atoms with Crippen LogP contribution >= 0.6 is 0 Å². The Morgan fingerprint density at radius 2 is 2.00 bits per heavy atom. The number of anilines is 1. The van der Waals surface area contributed by atoms with Crippen molar-refractivity contribution >= 4 is 17.5 Å². The summed E-state index contributed by atoms with van der Waals surface area (Å²) in [5.41, 5.74) is 2.05. The van der Waals surface area contributed by atoms with Crippen molar-refractivity contribution < 1.29 is 14.3 Å². The molecule has 2 amide bonds. The molecule has 0 bridgehead atoms. The van der Waals surface area contributed by atoms with Crippen LogP contribution in [0.1, 0.15) is 18.9 Å². The fourth-order valence-corrected chi connectivity index (χ4v) is 3.22. The number of hydrogen-bond acceptors (Lipinski definition) is 3. The molecule has 23 heavy (non-hydrogen) atoms. The SMILES string of the molecule is CCN(C(=O)C1CC1C(=O)N1CCOCC1)c1cccc(C)c1. The monoisotopic (exact) mass is 316 g/mol. The van der Waals surface area contributed by atoms with Crippen molar-refractivity contribution in [2.75, 3.05) is 37.7 Å². The summed E-state index contributed by atoms with van der Waals surface area (Å²) in [6, 6.07) is 7.95. The third-order valence-corrected chi connectivity index (χ3v) is 4.64. The lowest BCUT2D eigenvalue weighted by Gasteiger charge is -2.27. The number of morpholine rings is 1. The average Bonchev–Trinajstić information content (AvgIpc) is 3.36. The van der Waals surface area contributed by atoms with E-state index in [0.29, 0.717) is 39.3 Å². The van der Waals surface area contributed by atoms with Crippen LogP contribution in [0.15, 0.2) is 24.3 Å². The summed E-state index contributed by atoms with van der Waals surface area (Å²) in [5.74, 6) is -0.109. The van der Waals surface area contributed by atoms with Gasteiger partial charge in [-0.3, -0.25) is 9.59 Å². The summed E-state index contributed by atoms with van der Waals surface area (Å²) >= 11 is 0. The zero-order valence-corrected chi connectivity index (χ0v) is 13.8. The van der Waals surface area contributed by atoms with E-state index in [2.05, 4.69) is 0 Å². The summed E-state index contributed by atoms with van der Waals surface area (Å²) in [6.45, 7) is 7.10. The Balaban J connectivity index is 1.65. The largest absolute Gasteiger partial charge is 0.378 e. The summed E-state index contributed by atoms with van der Waals surface area (Å²) in [5, 5.41) is 0. The second-order valence-electron chi connectivity index (χ2n) is 6.31. The molecular weight excluding hydrogens is 292 g/mol. The number of nitrogens with zero attached hydrogens (tertiary/aromatic N) is 2. The fraction of sp³-hybridized carbons (Fsp3) is 0.556. The first-order chi connectivity index (χ1) is 11.1. The van der Waals surface area contributed by atoms with Crippen LogP contribution < -0.4 is 4.90 Å². The van der Waals surface area contributed by atoms with Crippen LogP contribution in [0.25, 0.3) is 0 Å². The maximum atomic E-state index is 12.8. The number of carbonyl (C=O) groups excluding carboxylic acids is 2. The van der Waals surface area contributed by atoms with E-state index in [1.807, 2.05) is 43.0 Å². The van der Waals surface area contributed by atoms with Crippen molar-refractivity contribution in [2.24, 2.45) is 11.8 Å². The molecule has 1 aliphatic heterocycles. The third kappa shape index (κ3) is 3.39. The lowest BCUT2D eigenvalue weighted by molar-refractivity contribution is -0.138. The van der Waals surface area contributed by atoms with Gasteiger partial charge < -0.3 is 14.5 Å². The van der Waals surface area contributed by atoms with Gasteiger partial charge >= 0.3 is 0 Å². The molecule has 0 spiro atoms. The first-order valence-corrected chi connectivity index (χ1v) is 8.36. The molecule has 1 saturated carbocycles. The summed E-state index contributed by atoms with van der Waals surface area (Å²) < 4.78 is 5.28. The minimum absolute atomic E-state index is 0.0738. The molecule has 3 rings (SSSR count). The van der Waals surface area contributed by atoms with Gasteiger partial charge in [0.25, 0.3) is 0 Å². The maximum absolute atomic E-state index is 12.8. The molecule has 2 unspecified atom stereocenters. The average molecular weight is 316 g/mol. The van der Waals surface area contributed by atoms with E-state index in [-0.39, 0.29) is 23.7 Å². The highest BCUT2D eigenvalue weighted by molar-refractivity contribution is 6.01. The van der Waals surface area contributed by atoms with Crippen LogP contribution in [0.4, 0.5) is 5.69 Å². The number of hydrogen-bond donors (Lipinski definition) is 0. The van der Waals surface area contributed by atoms with Crippen molar-refractivity contribution in [3.05, 3.63) is 29.8 Å². The van der Waals surface area contributed by atoms with Crippen LogP contribution in [-0.4, -0.2) is 49.6 Å². The number of amides is 2. The van der Waals surface area contributed by atoms with Gasteiger partial charge in [-0.2, -0.15) is 0 Å². The zero-order chi connectivity index (χ0) is 16.4. The third-order valence-electron chi connectivity index (χ3n) is 4.64. The van der Waals surface area contributed by atoms with Crippen LogP contribution in [0, 0.1) is 18.8 Å². The summed E-state index contributed by atoms with van der Waals surface area (Å²) in [7, 11) is 0. The fourth-order valence-electron chi connectivity index (χ4n) is 3.22. The van der Waals surface area contributed by atoms with E-state index in [9.17, 15) is 9.59 Å². The van der Waals surface area contributed by atoms with Gasteiger partial charge in [0.05, 0.1) is 25.0 Å². The van der Waals surface area contributed by atoms with Gasteiger partial charge in [-0.05, 0) is 38.0 Å². The summed E-state index contributed by atoms with van der Waals surface area (Å²) in [6.07, 6.45) is 0.678. The van der Waals surface area contributed by atoms with Crippen LogP contribution in [0.2, 0.25) is 0 Å². The van der Waals surface area contributed by atoms with E-state index >= 15 is 0 Å². The van der Waals surface area contributed by atoms with Gasteiger partial charge in [0.1, 0.15) is 0 Å². The highest BCUT2D eigenvalue weighted by Crippen LogP contribution is 2.42. The Kier molecular flexibility index (Phi) is 4.66. The molecule has 0 aromatic heterocycles. The van der Waals surface area contributed by atoms with Crippen LogP contribution in [-0.2, 0) is 14.3 Å². The van der Waals surface area contributed by atoms with Gasteiger partial charge in [0.2, 0.25) is 11.8 Å². The molecule has 2 fully saturated rings. The Morgan fingerprint density at radius 1 is 1.26 bits per heavy atom. The minimum Gasteiger partial charge on any atom is -0.378 e. The smallest absolute Gasteiger partial charge is 0.230 e. The molecule has 0 radical (unpaired) electrons. The maximum Gasteiger partial charge on any atom is 0.230 e. The molecule has 1 saturated heterocycles. The Labute approximate surface area is 137 Å². The van der Waals surface area contributed by atoms with Crippen LogP contribution in [0.5, 0.6) is 0 Å². The number of carbonyl (C=O) groups is 2. The van der Waals surface area contributed by atoms with Crippen molar-refractivity contribution in [1.82, 2.24) is 4.90 Å². The normalized spacial score (nSPS) is 23.5.